The largest absolute Gasteiger partial charge is 0.389 e. The second-order valence-electron chi connectivity index (χ2n) is 3.63. The second-order valence-corrected chi connectivity index (χ2v) is 4.78. The molecule has 1 aliphatic heterocycles. The summed E-state index contributed by atoms with van der Waals surface area (Å²) in [4.78, 5) is 0. The summed E-state index contributed by atoms with van der Waals surface area (Å²) in [6.45, 7) is 2.04. The van der Waals surface area contributed by atoms with Gasteiger partial charge < -0.3 is 5.32 Å². The van der Waals surface area contributed by atoms with Gasteiger partial charge in [0.15, 0.2) is 0 Å². The van der Waals surface area contributed by atoms with Crippen LogP contribution in [0.4, 0.5) is 13.2 Å². The Kier molecular flexibility index (Phi) is 7.83. The van der Waals surface area contributed by atoms with Gasteiger partial charge in [0.2, 0.25) is 0 Å². The molecule has 0 aromatic heterocycles. The number of halogens is 4. The summed E-state index contributed by atoms with van der Waals surface area (Å²) in [6.07, 6.45) is -2.41. The lowest BCUT2D eigenvalue weighted by atomic mass is 10.0. The quantitative estimate of drug-likeness (QED) is 0.783. The lowest BCUT2D eigenvalue weighted by Crippen LogP contribution is -2.28. The van der Waals surface area contributed by atoms with E-state index in [9.17, 15) is 13.2 Å². The van der Waals surface area contributed by atoms with Gasteiger partial charge in [0.1, 0.15) is 0 Å². The molecular weight excluding hydrogens is 247 g/mol. The van der Waals surface area contributed by atoms with Gasteiger partial charge in [0, 0.05) is 5.75 Å². The normalized spacial score (nSPS) is 18.6. The number of alkyl halides is 3. The van der Waals surface area contributed by atoms with Gasteiger partial charge in [-0.3, -0.25) is 0 Å². The van der Waals surface area contributed by atoms with E-state index in [1.54, 1.807) is 0 Å². The van der Waals surface area contributed by atoms with Gasteiger partial charge in [-0.05, 0) is 37.6 Å². The van der Waals surface area contributed by atoms with Gasteiger partial charge in [0.25, 0.3) is 0 Å². The monoisotopic (exact) mass is 263 g/mol. The summed E-state index contributed by atoms with van der Waals surface area (Å²) < 4.78 is 35.4. The molecule has 1 aliphatic rings. The zero-order valence-corrected chi connectivity index (χ0v) is 10.1. The molecule has 6 heteroatoms. The molecule has 0 amide bonds. The fourth-order valence-corrected chi connectivity index (χ4v) is 2.70. The maximum Gasteiger partial charge on any atom is 0.389 e. The minimum Gasteiger partial charge on any atom is -0.317 e. The van der Waals surface area contributed by atoms with Crippen molar-refractivity contribution in [3.05, 3.63) is 0 Å². The van der Waals surface area contributed by atoms with Gasteiger partial charge in [-0.15, -0.1) is 12.4 Å². The van der Waals surface area contributed by atoms with Gasteiger partial charge in [-0.1, -0.05) is 0 Å². The minimum absolute atomic E-state index is 0. The van der Waals surface area contributed by atoms with Crippen molar-refractivity contribution < 1.29 is 13.2 Å². The van der Waals surface area contributed by atoms with Crippen LogP contribution in [-0.2, 0) is 0 Å². The van der Waals surface area contributed by atoms with Crippen LogP contribution in [-0.4, -0.2) is 30.8 Å². The molecule has 1 rings (SSSR count). The summed E-state index contributed by atoms with van der Waals surface area (Å²) in [5.41, 5.74) is 0. The van der Waals surface area contributed by atoms with E-state index in [1.165, 1.54) is 11.8 Å². The van der Waals surface area contributed by atoms with Gasteiger partial charge in [-0.25, -0.2) is 0 Å². The molecule has 1 nitrogen and oxygen atoms in total. The molecule has 1 fully saturated rings. The van der Waals surface area contributed by atoms with Gasteiger partial charge >= 0.3 is 6.18 Å². The van der Waals surface area contributed by atoms with Crippen LogP contribution in [0.1, 0.15) is 19.3 Å². The fraction of sp³-hybridized carbons (Fsp3) is 1.00. The lowest BCUT2D eigenvalue weighted by molar-refractivity contribution is -0.129. The molecule has 0 saturated carbocycles. The molecule has 0 unspecified atom stereocenters. The number of hydrogen-bond acceptors (Lipinski definition) is 2. The summed E-state index contributed by atoms with van der Waals surface area (Å²) in [5, 5.41) is 3.24. The average Bonchev–Trinajstić information content (AvgIpc) is 2.13. The number of rotatable bonds is 4. The van der Waals surface area contributed by atoms with Crippen LogP contribution in [0.5, 0.6) is 0 Å². The molecule has 0 radical (unpaired) electrons. The van der Waals surface area contributed by atoms with E-state index in [0.717, 1.165) is 31.7 Å². The highest BCUT2D eigenvalue weighted by Crippen LogP contribution is 2.24. The van der Waals surface area contributed by atoms with Crippen molar-refractivity contribution in [1.29, 1.82) is 0 Å². The third-order valence-electron chi connectivity index (χ3n) is 2.34. The first-order valence-electron chi connectivity index (χ1n) is 4.93. The molecule has 1 N–H and O–H groups in total. The van der Waals surface area contributed by atoms with E-state index >= 15 is 0 Å². The molecule has 0 bridgehead atoms. The smallest absolute Gasteiger partial charge is 0.317 e. The molecule has 0 spiro atoms. The first kappa shape index (κ1) is 15.4. The molecule has 15 heavy (non-hydrogen) atoms. The van der Waals surface area contributed by atoms with Gasteiger partial charge in [-0.2, -0.15) is 24.9 Å². The average molecular weight is 264 g/mol. The maximum atomic E-state index is 11.8. The molecule has 0 aromatic rings. The Bertz CT molecular complexity index is 160. The lowest BCUT2D eigenvalue weighted by Gasteiger charge is -2.22. The van der Waals surface area contributed by atoms with E-state index in [4.69, 9.17) is 0 Å². The molecule has 1 saturated heterocycles. The predicted octanol–water partition coefficient (Wildman–Crippen LogP) is 3.09. The SMILES string of the molecule is Cl.FC(F)(F)CCSCC1CCNCC1. The molecule has 0 atom stereocenters. The topological polar surface area (TPSA) is 12.0 Å². The van der Waals surface area contributed by atoms with Crippen LogP contribution in [0.15, 0.2) is 0 Å². The Morgan fingerprint density at radius 1 is 1.20 bits per heavy atom. The van der Waals surface area contributed by atoms with Crippen molar-refractivity contribution in [3.63, 3.8) is 0 Å². The molecule has 0 aliphatic carbocycles. The van der Waals surface area contributed by atoms with E-state index in [1.807, 2.05) is 0 Å². The Balaban J connectivity index is 0.00000196. The van der Waals surface area contributed by atoms with Gasteiger partial charge in [0.05, 0.1) is 6.42 Å². The van der Waals surface area contributed by atoms with E-state index in [-0.39, 0.29) is 18.2 Å². The highest BCUT2D eigenvalue weighted by atomic mass is 35.5. The van der Waals surface area contributed by atoms with Crippen LogP contribution in [0.2, 0.25) is 0 Å². The van der Waals surface area contributed by atoms with Crippen molar-refractivity contribution in [2.45, 2.75) is 25.4 Å². The first-order chi connectivity index (χ1) is 6.58. The highest BCUT2D eigenvalue weighted by Gasteiger charge is 2.26. The second kappa shape index (κ2) is 7.63. The van der Waals surface area contributed by atoms with Crippen LogP contribution >= 0.6 is 24.2 Å². The summed E-state index contributed by atoms with van der Waals surface area (Å²) in [5.74, 6) is 1.72. The van der Waals surface area contributed by atoms with Crippen molar-refractivity contribution in [2.24, 2.45) is 5.92 Å². The van der Waals surface area contributed by atoms with Crippen LogP contribution in [0.25, 0.3) is 0 Å². The first-order valence-corrected chi connectivity index (χ1v) is 6.08. The van der Waals surface area contributed by atoms with E-state index in [0.29, 0.717) is 5.92 Å². The maximum absolute atomic E-state index is 11.8. The Morgan fingerprint density at radius 3 is 2.33 bits per heavy atom. The number of piperidine rings is 1. The van der Waals surface area contributed by atoms with E-state index in [2.05, 4.69) is 5.32 Å². The summed E-state index contributed by atoms with van der Waals surface area (Å²) in [7, 11) is 0. The van der Waals surface area contributed by atoms with Crippen molar-refractivity contribution in [2.75, 3.05) is 24.6 Å². The molecule has 0 aromatic carbocycles. The molecular formula is C9H17ClF3NS. The van der Waals surface area contributed by atoms with Crippen molar-refractivity contribution >= 4 is 24.2 Å². The Hall–Kier alpha value is 0.390. The van der Waals surface area contributed by atoms with Crippen LogP contribution in [0, 0.1) is 5.92 Å². The minimum atomic E-state index is -3.98. The standard InChI is InChI=1S/C9H16F3NS.ClH/c10-9(11,12)3-6-14-7-8-1-4-13-5-2-8;/h8,13H,1-7H2;1H. The highest BCUT2D eigenvalue weighted by molar-refractivity contribution is 7.99. The third kappa shape index (κ3) is 8.22. The number of thioether (sulfide) groups is 1. The zero-order chi connectivity index (χ0) is 10.4. The van der Waals surface area contributed by atoms with Crippen LogP contribution in [0.3, 0.4) is 0 Å². The third-order valence-corrected chi connectivity index (χ3v) is 3.54. The van der Waals surface area contributed by atoms with Crippen molar-refractivity contribution in [3.8, 4) is 0 Å². The molecule has 92 valence electrons. The number of hydrogen-bond donors (Lipinski definition) is 1. The summed E-state index contributed by atoms with van der Waals surface area (Å²) >= 11 is 1.44. The van der Waals surface area contributed by atoms with Crippen LogP contribution < -0.4 is 5.32 Å². The Morgan fingerprint density at radius 2 is 1.80 bits per heavy atom. The zero-order valence-electron chi connectivity index (χ0n) is 8.48. The van der Waals surface area contributed by atoms with E-state index < -0.39 is 12.6 Å². The Labute approximate surface area is 99.0 Å². The predicted molar refractivity (Wildman–Crippen MR) is 60.8 cm³/mol. The summed E-state index contributed by atoms with van der Waals surface area (Å²) in [6, 6.07) is 0. The fourth-order valence-electron chi connectivity index (χ4n) is 1.49. The molecule has 1 heterocycles. The van der Waals surface area contributed by atoms with Crippen molar-refractivity contribution in [1.82, 2.24) is 5.32 Å². The number of nitrogens with one attached hydrogen (secondary N) is 1.